The van der Waals surface area contributed by atoms with Crippen LogP contribution in [0.1, 0.15) is 46.5 Å². The van der Waals surface area contributed by atoms with Gasteiger partial charge in [0.2, 0.25) is 5.91 Å². The molecule has 2 heteroatoms. The van der Waals surface area contributed by atoms with Crippen molar-refractivity contribution in [3.63, 3.8) is 0 Å². The normalized spacial score (nSPS) is 27.7. The third-order valence-corrected chi connectivity index (χ3v) is 3.22. The average molecular weight is 197 g/mol. The van der Waals surface area contributed by atoms with Crippen LogP contribution in [0, 0.1) is 17.8 Å². The van der Waals surface area contributed by atoms with Crippen LogP contribution in [-0.2, 0) is 4.79 Å². The highest BCUT2D eigenvalue weighted by molar-refractivity contribution is 5.77. The van der Waals surface area contributed by atoms with Crippen molar-refractivity contribution in [2.24, 2.45) is 17.8 Å². The molecule has 0 aromatic carbocycles. The highest BCUT2D eigenvalue weighted by Gasteiger charge is 2.18. The van der Waals surface area contributed by atoms with Crippen molar-refractivity contribution in [1.29, 1.82) is 0 Å². The van der Waals surface area contributed by atoms with Crippen molar-refractivity contribution in [1.82, 2.24) is 5.32 Å². The van der Waals surface area contributed by atoms with Crippen LogP contribution in [-0.4, -0.2) is 12.5 Å². The van der Waals surface area contributed by atoms with Gasteiger partial charge in [0.25, 0.3) is 0 Å². The Balaban J connectivity index is 2.16. The van der Waals surface area contributed by atoms with E-state index in [1.807, 2.05) is 13.8 Å². The number of amides is 1. The molecule has 1 amide bonds. The van der Waals surface area contributed by atoms with Crippen LogP contribution in [0.25, 0.3) is 0 Å². The summed E-state index contributed by atoms with van der Waals surface area (Å²) in [4.78, 5) is 11.3. The lowest BCUT2D eigenvalue weighted by molar-refractivity contribution is -0.124. The number of carbonyl (C=O) groups is 1. The molecule has 0 heterocycles. The molecule has 1 rings (SSSR count). The predicted octanol–water partition coefficient (Wildman–Crippen LogP) is 2.58. The number of carbonyl (C=O) groups excluding carboxylic acids is 1. The van der Waals surface area contributed by atoms with Gasteiger partial charge in [-0.25, -0.2) is 0 Å². The molecular formula is C12H23NO. The molecule has 0 bridgehead atoms. The molecule has 1 N–H and O–H groups in total. The Kier molecular flexibility index (Phi) is 4.43. The molecule has 14 heavy (non-hydrogen) atoms. The zero-order valence-electron chi connectivity index (χ0n) is 9.68. The number of hydrogen-bond donors (Lipinski definition) is 1. The van der Waals surface area contributed by atoms with E-state index in [0.717, 1.165) is 18.4 Å². The van der Waals surface area contributed by atoms with Crippen molar-refractivity contribution in [2.45, 2.75) is 46.5 Å². The molecule has 1 aliphatic carbocycles. The molecule has 1 saturated carbocycles. The Hall–Kier alpha value is -0.530. The summed E-state index contributed by atoms with van der Waals surface area (Å²) in [7, 11) is 0. The van der Waals surface area contributed by atoms with E-state index in [4.69, 9.17) is 0 Å². The highest BCUT2D eigenvalue weighted by atomic mass is 16.1. The zero-order valence-corrected chi connectivity index (χ0v) is 9.68. The van der Waals surface area contributed by atoms with Crippen LogP contribution in [0.4, 0.5) is 0 Å². The second kappa shape index (κ2) is 5.38. The van der Waals surface area contributed by atoms with Gasteiger partial charge in [-0.15, -0.1) is 0 Å². The smallest absolute Gasteiger partial charge is 0.222 e. The summed E-state index contributed by atoms with van der Waals surface area (Å²) in [5.74, 6) is 1.95. The van der Waals surface area contributed by atoms with Crippen molar-refractivity contribution in [3.8, 4) is 0 Å². The third-order valence-electron chi connectivity index (χ3n) is 3.22. The van der Waals surface area contributed by atoms with Gasteiger partial charge in [-0.05, 0) is 24.7 Å². The van der Waals surface area contributed by atoms with Crippen LogP contribution in [0.2, 0.25) is 0 Å². The maximum absolute atomic E-state index is 11.3. The van der Waals surface area contributed by atoms with E-state index in [2.05, 4.69) is 12.2 Å². The van der Waals surface area contributed by atoms with E-state index in [0.29, 0.717) is 0 Å². The van der Waals surface area contributed by atoms with Gasteiger partial charge in [-0.2, -0.15) is 0 Å². The standard InChI is InChI=1S/C12H23NO/c1-9(2)12(14)13-8-11-6-4-10(3)5-7-11/h9-11H,4-8H2,1-3H3,(H,13,14). The molecule has 0 spiro atoms. The Morgan fingerprint density at radius 3 is 2.36 bits per heavy atom. The highest BCUT2D eigenvalue weighted by Crippen LogP contribution is 2.27. The van der Waals surface area contributed by atoms with E-state index < -0.39 is 0 Å². The van der Waals surface area contributed by atoms with Gasteiger partial charge in [0.15, 0.2) is 0 Å². The number of nitrogens with one attached hydrogen (secondary N) is 1. The molecule has 0 unspecified atom stereocenters. The van der Waals surface area contributed by atoms with Crippen molar-refractivity contribution in [3.05, 3.63) is 0 Å². The molecule has 2 nitrogen and oxygen atoms in total. The summed E-state index contributed by atoms with van der Waals surface area (Å²) in [5, 5.41) is 3.03. The minimum absolute atomic E-state index is 0.123. The molecule has 0 saturated heterocycles. The minimum Gasteiger partial charge on any atom is -0.356 e. The van der Waals surface area contributed by atoms with Gasteiger partial charge in [-0.3, -0.25) is 4.79 Å². The lowest BCUT2D eigenvalue weighted by Crippen LogP contribution is -2.33. The Labute approximate surface area is 87.5 Å². The summed E-state index contributed by atoms with van der Waals surface area (Å²) in [6.07, 6.45) is 5.25. The van der Waals surface area contributed by atoms with Crippen LogP contribution >= 0.6 is 0 Å². The third kappa shape index (κ3) is 3.69. The fourth-order valence-electron chi connectivity index (χ4n) is 1.98. The predicted molar refractivity (Wildman–Crippen MR) is 59.0 cm³/mol. The molecule has 82 valence electrons. The first kappa shape index (κ1) is 11.5. The first-order valence-corrected chi connectivity index (χ1v) is 5.87. The van der Waals surface area contributed by atoms with E-state index in [9.17, 15) is 4.79 Å². The largest absolute Gasteiger partial charge is 0.356 e. The van der Waals surface area contributed by atoms with Crippen LogP contribution < -0.4 is 5.32 Å². The van der Waals surface area contributed by atoms with Gasteiger partial charge >= 0.3 is 0 Å². The topological polar surface area (TPSA) is 29.1 Å². The van der Waals surface area contributed by atoms with Crippen LogP contribution in [0.3, 0.4) is 0 Å². The van der Waals surface area contributed by atoms with Crippen molar-refractivity contribution >= 4 is 5.91 Å². The first-order valence-electron chi connectivity index (χ1n) is 5.87. The van der Waals surface area contributed by atoms with E-state index in [1.54, 1.807) is 0 Å². The van der Waals surface area contributed by atoms with Crippen molar-refractivity contribution in [2.75, 3.05) is 6.54 Å². The molecule has 0 aliphatic heterocycles. The second-order valence-corrected chi connectivity index (χ2v) is 5.03. The van der Waals surface area contributed by atoms with Gasteiger partial charge < -0.3 is 5.32 Å². The van der Waals surface area contributed by atoms with Crippen LogP contribution in [0.15, 0.2) is 0 Å². The van der Waals surface area contributed by atoms with Gasteiger partial charge in [0.05, 0.1) is 0 Å². The van der Waals surface area contributed by atoms with Crippen molar-refractivity contribution < 1.29 is 4.79 Å². The molecule has 0 radical (unpaired) electrons. The zero-order chi connectivity index (χ0) is 10.6. The first-order chi connectivity index (χ1) is 6.59. The maximum atomic E-state index is 11.3. The average Bonchev–Trinajstić information content (AvgIpc) is 2.16. The summed E-state index contributed by atoms with van der Waals surface area (Å²) in [6.45, 7) is 7.10. The lowest BCUT2D eigenvalue weighted by Gasteiger charge is -2.26. The Bertz CT molecular complexity index is 181. The second-order valence-electron chi connectivity index (χ2n) is 5.03. The number of hydrogen-bond acceptors (Lipinski definition) is 1. The summed E-state index contributed by atoms with van der Waals surface area (Å²) in [6, 6.07) is 0. The monoisotopic (exact) mass is 197 g/mol. The summed E-state index contributed by atoms with van der Waals surface area (Å²) in [5.41, 5.74) is 0. The molecule has 0 aromatic heterocycles. The molecule has 0 aromatic rings. The Morgan fingerprint density at radius 2 is 1.86 bits per heavy atom. The quantitative estimate of drug-likeness (QED) is 0.740. The molecule has 1 fully saturated rings. The fraction of sp³-hybridized carbons (Fsp3) is 0.917. The number of rotatable bonds is 3. The minimum atomic E-state index is 0.123. The summed E-state index contributed by atoms with van der Waals surface area (Å²) < 4.78 is 0. The van der Waals surface area contributed by atoms with E-state index >= 15 is 0 Å². The maximum Gasteiger partial charge on any atom is 0.222 e. The van der Waals surface area contributed by atoms with Gasteiger partial charge in [0.1, 0.15) is 0 Å². The van der Waals surface area contributed by atoms with Gasteiger partial charge in [0, 0.05) is 12.5 Å². The molecule has 1 aliphatic rings. The lowest BCUT2D eigenvalue weighted by atomic mass is 9.83. The summed E-state index contributed by atoms with van der Waals surface area (Å²) >= 11 is 0. The van der Waals surface area contributed by atoms with Crippen LogP contribution in [0.5, 0.6) is 0 Å². The van der Waals surface area contributed by atoms with E-state index in [-0.39, 0.29) is 11.8 Å². The molecule has 0 atom stereocenters. The van der Waals surface area contributed by atoms with Gasteiger partial charge in [-0.1, -0.05) is 33.6 Å². The molecular weight excluding hydrogens is 174 g/mol. The Morgan fingerprint density at radius 1 is 1.29 bits per heavy atom. The SMILES string of the molecule is CC1CCC(CNC(=O)C(C)C)CC1. The van der Waals surface area contributed by atoms with E-state index in [1.165, 1.54) is 25.7 Å². The fourth-order valence-corrected chi connectivity index (χ4v) is 1.98.